The number of aliphatic hydroxyl groups excluding tert-OH is 1. The quantitative estimate of drug-likeness (QED) is 0.638. The van der Waals surface area contributed by atoms with Gasteiger partial charge in [0.05, 0.1) is 26.4 Å². The normalized spacial score (nSPS) is 21.2. The van der Waals surface area contributed by atoms with Crippen molar-refractivity contribution in [3.8, 4) is 17.2 Å². The average Bonchev–Trinajstić information content (AvgIpc) is 3.09. The molecule has 2 aromatic carbocycles. The number of methoxy groups -OCH3 is 1. The number of hydrogen-bond acceptors (Lipinski definition) is 6. The summed E-state index contributed by atoms with van der Waals surface area (Å²) in [6, 6.07) is 10.3. The van der Waals surface area contributed by atoms with Crippen LogP contribution in [0.5, 0.6) is 17.2 Å². The van der Waals surface area contributed by atoms with E-state index >= 15 is 0 Å². The van der Waals surface area contributed by atoms with Crippen LogP contribution in [0, 0.1) is 0 Å². The molecule has 6 nitrogen and oxygen atoms in total. The van der Waals surface area contributed by atoms with E-state index in [4.69, 9.17) is 18.9 Å². The second-order valence-corrected chi connectivity index (χ2v) is 10.2. The van der Waals surface area contributed by atoms with Crippen molar-refractivity contribution in [2.75, 3.05) is 46.6 Å². The largest absolute Gasteiger partial charge is 0.508 e. The maximum atomic E-state index is 10.8. The number of benzene rings is 2. The highest BCUT2D eigenvalue weighted by Crippen LogP contribution is 2.38. The molecule has 194 valence electrons. The van der Waals surface area contributed by atoms with Crippen molar-refractivity contribution < 1.29 is 24.1 Å². The Labute approximate surface area is 218 Å². The van der Waals surface area contributed by atoms with Gasteiger partial charge in [0.2, 0.25) is 0 Å². The van der Waals surface area contributed by atoms with E-state index in [1.807, 2.05) is 24.3 Å². The number of ether oxygens (including phenoxy) is 4. The van der Waals surface area contributed by atoms with E-state index in [0.717, 1.165) is 62.9 Å². The molecule has 0 bridgehead atoms. The van der Waals surface area contributed by atoms with Crippen LogP contribution in [0.3, 0.4) is 0 Å². The maximum absolute atomic E-state index is 10.8. The summed E-state index contributed by atoms with van der Waals surface area (Å²) >= 11 is 0. The summed E-state index contributed by atoms with van der Waals surface area (Å²) in [4.78, 5) is 2.49. The Hall–Kier alpha value is -3.22. The minimum absolute atomic E-state index is 0.0973. The second-order valence-electron chi connectivity index (χ2n) is 10.2. The van der Waals surface area contributed by atoms with Gasteiger partial charge in [-0.1, -0.05) is 24.6 Å². The molecule has 0 unspecified atom stereocenters. The predicted octanol–water partition coefficient (Wildman–Crippen LogP) is 4.27. The topological polar surface area (TPSA) is 60.4 Å². The fourth-order valence-electron chi connectivity index (χ4n) is 5.85. The molecule has 3 heterocycles. The van der Waals surface area contributed by atoms with Gasteiger partial charge >= 0.3 is 0 Å². The Morgan fingerprint density at radius 2 is 1.92 bits per heavy atom. The monoisotopic (exact) mass is 501 g/mol. The first kappa shape index (κ1) is 24.1. The van der Waals surface area contributed by atoms with E-state index in [2.05, 4.69) is 23.1 Å². The van der Waals surface area contributed by atoms with Gasteiger partial charge < -0.3 is 24.1 Å². The molecule has 6 rings (SSSR count). The molecule has 0 aromatic heterocycles. The highest BCUT2D eigenvalue weighted by Gasteiger charge is 2.28. The summed E-state index contributed by atoms with van der Waals surface area (Å²) < 4.78 is 24.2. The Bertz CT molecular complexity index is 1340. The van der Waals surface area contributed by atoms with E-state index in [9.17, 15) is 5.11 Å². The van der Waals surface area contributed by atoms with Gasteiger partial charge in [0, 0.05) is 35.4 Å². The van der Waals surface area contributed by atoms with E-state index in [1.54, 1.807) is 13.2 Å². The van der Waals surface area contributed by atoms with Gasteiger partial charge in [-0.3, -0.25) is 4.90 Å². The van der Waals surface area contributed by atoms with Crippen LogP contribution in [0.4, 0.5) is 0 Å². The Kier molecular flexibility index (Phi) is 6.94. The average molecular weight is 502 g/mol. The van der Waals surface area contributed by atoms with Crippen LogP contribution in [0.1, 0.15) is 49.3 Å². The van der Waals surface area contributed by atoms with Crippen molar-refractivity contribution >= 4 is 17.7 Å². The maximum Gasteiger partial charge on any atom is 0.134 e. The third kappa shape index (κ3) is 5.00. The number of hydrogen-bond donors (Lipinski definition) is 1. The first-order valence-electron chi connectivity index (χ1n) is 13.4. The van der Waals surface area contributed by atoms with Crippen LogP contribution in [0.25, 0.3) is 17.7 Å². The number of fused-ring (bicyclic) bond motifs is 4. The molecule has 1 N–H and O–H groups in total. The Balaban J connectivity index is 1.22. The zero-order valence-electron chi connectivity index (χ0n) is 21.5. The van der Waals surface area contributed by atoms with Gasteiger partial charge in [-0.25, -0.2) is 0 Å². The lowest BCUT2D eigenvalue weighted by molar-refractivity contribution is 0.0672. The van der Waals surface area contributed by atoms with E-state index in [-0.39, 0.29) is 11.9 Å². The third-order valence-corrected chi connectivity index (χ3v) is 7.77. The lowest BCUT2D eigenvalue weighted by Crippen LogP contribution is -2.33. The van der Waals surface area contributed by atoms with Crippen molar-refractivity contribution in [2.24, 2.45) is 0 Å². The summed E-state index contributed by atoms with van der Waals surface area (Å²) in [6.45, 7) is 5.12. The van der Waals surface area contributed by atoms with Crippen molar-refractivity contribution in [1.82, 2.24) is 4.90 Å². The predicted molar refractivity (Wildman–Crippen MR) is 144 cm³/mol. The summed E-state index contributed by atoms with van der Waals surface area (Å²) in [5.74, 6) is 2.68. The molecule has 6 heteroatoms. The first-order valence-corrected chi connectivity index (χ1v) is 13.4. The molecule has 2 saturated heterocycles. The molecule has 37 heavy (non-hydrogen) atoms. The second kappa shape index (κ2) is 10.6. The molecule has 0 radical (unpaired) electrons. The minimum atomic E-state index is -0.0973. The molecule has 0 spiro atoms. The zero-order valence-corrected chi connectivity index (χ0v) is 21.5. The molecule has 2 aromatic rings. The van der Waals surface area contributed by atoms with Gasteiger partial charge in [-0.2, -0.15) is 0 Å². The van der Waals surface area contributed by atoms with Gasteiger partial charge in [-0.15, -0.1) is 0 Å². The lowest BCUT2D eigenvalue weighted by atomic mass is 9.91. The van der Waals surface area contributed by atoms with E-state index in [0.29, 0.717) is 26.2 Å². The highest BCUT2D eigenvalue weighted by atomic mass is 16.5. The molecule has 1 aliphatic carbocycles. The lowest BCUT2D eigenvalue weighted by Gasteiger charge is -2.28. The Morgan fingerprint density at radius 1 is 1.08 bits per heavy atom. The van der Waals surface area contributed by atoms with Gasteiger partial charge in [0.15, 0.2) is 0 Å². The number of allylic oxidation sites excluding steroid dienone is 1. The van der Waals surface area contributed by atoms with Crippen molar-refractivity contribution in [3.63, 3.8) is 0 Å². The zero-order chi connectivity index (χ0) is 25.2. The summed E-state index contributed by atoms with van der Waals surface area (Å²) in [5.41, 5.74) is 4.06. The van der Waals surface area contributed by atoms with Crippen molar-refractivity contribution in [2.45, 2.75) is 38.2 Å². The van der Waals surface area contributed by atoms with Crippen molar-refractivity contribution in [3.05, 3.63) is 69.3 Å². The number of aliphatic hydroxyl groups is 1. The molecule has 1 atom stereocenters. The van der Waals surface area contributed by atoms with Crippen LogP contribution in [-0.4, -0.2) is 56.6 Å². The molecule has 0 amide bonds. The third-order valence-electron chi connectivity index (χ3n) is 7.77. The molecule has 3 aliphatic heterocycles. The highest BCUT2D eigenvalue weighted by molar-refractivity contribution is 5.78. The molecular formula is C31H35NO5. The number of rotatable bonds is 6. The van der Waals surface area contributed by atoms with E-state index in [1.165, 1.54) is 32.4 Å². The van der Waals surface area contributed by atoms with Crippen molar-refractivity contribution in [1.29, 1.82) is 0 Å². The minimum Gasteiger partial charge on any atom is -0.508 e. The summed E-state index contributed by atoms with van der Waals surface area (Å²) in [6.07, 6.45) is 11.2. The molecule has 0 saturated carbocycles. The smallest absolute Gasteiger partial charge is 0.134 e. The number of likely N-dealkylation sites (tertiary alicyclic amines) is 1. The standard InChI is InChI=1S/C31H35NO5/c1-34-29-17-22-6-5-14-36-31(22)26-19-24(33)16-23-18-28(37-20-27(23)30(26)29)21-7-9-25(10-8-21)35-15-13-32-11-3-2-4-12-32/h6-10,16-17,19,28,33H,2-5,11-15,18,20H2,1H3/t28-/m0/s1. The Morgan fingerprint density at radius 3 is 2.73 bits per heavy atom. The van der Waals surface area contributed by atoms with Crippen LogP contribution in [0.2, 0.25) is 0 Å². The fourth-order valence-corrected chi connectivity index (χ4v) is 5.85. The first-order chi connectivity index (χ1) is 18.2. The molecule has 2 fully saturated rings. The fraction of sp³-hybridized carbons (Fsp3) is 0.419. The van der Waals surface area contributed by atoms with Gasteiger partial charge in [0.25, 0.3) is 0 Å². The van der Waals surface area contributed by atoms with Crippen LogP contribution in [-0.2, 0) is 4.74 Å². The number of piperidine rings is 1. The SMILES string of the molecule is COc1cc2c(c3c1=C1CO[C@H](c4ccc(OCCN5CCCCC5)cc4)CC1=CC(O)=C3)OCCC=2. The van der Waals surface area contributed by atoms with Gasteiger partial charge in [-0.05, 0) is 73.0 Å². The van der Waals surface area contributed by atoms with Crippen LogP contribution >= 0.6 is 0 Å². The summed E-state index contributed by atoms with van der Waals surface area (Å²) in [7, 11) is 1.69. The molecule has 4 aliphatic rings. The van der Waals surface area contributed by atoms with Crippen LogP contribution < -0.4 is 24.6 Å². The molecular weight excluding hydrogens is 466 g/mol. The number of nitrogens with zero attached hydrogens (tertiary/aromatic N) is 1. The van der Waals surface area contributed by atoms with E-state index < -0.39 is 0 Å². The van der Waals surface area contributed by atoms with Crippen LogP contribution in [0.15, 0.2) is 47.7 Å². The summed E-state index contributed by atoms with van der Waals surface area (Å²) in [5, 5.41) is 12.8. The van der Waals surface area contributed by atoms with Gasteiger partial charge in [0.1, 0.15) is 29.6 Å².